The SMILES string of the molecule is COc1ccc(OC)c(/C=C/C(=O)N2CCN(Cc3noc(Cc4c[nH]c5ccccc45)n3)CC2)c1. The van der Waals surface area contributed by atoms with Gasteiger partial charge in [-0.1, -0.05) is 23.4 Å². The van der Waals surface area contributed by atoms with E-state index in [4.69, 9.17) is 14.0 Å². The third-order valence-electron chi connectivity index (χ3n) is 6.42. The third-order valence-corrected chi connectivity index (χ3v) is 6.42. The lowest BCUT2D eigenvalue weighted by Crippen LogP contribution is -2.47. The maximum atomic E-state index is 12.7. The van der Waals surface area contributed by atoms with Crippen LogP contribution in [-0.4, -0.2) is 71.2 Å². The molecule has 2 aromatic carbocycles. The first-order valence-electron chi connectivity index (χ1n) is 11.9. The molecule has 36 heavy (non-hydrogen) atoms. The maximum absolute atomic E-state index is 12.7. The molecule has 1 amide bonds. The van der Waals surface area contributed by atoms with Crippen molar-refractivity contribution in [2.45, 2.75) is 13.0 Å². The average molecular weight is 488 g/mol. The topological polar surface area (TPSA) is 96.7 Å². The van der Waals surface area contributed by atoms with Crippen molar-refractivity contribution in [3.05, 3.63) is 77.6 Å². The second-order valence-corrected chi connectivity index (χ2v) is 8.68. The Balaban J connectivity index is 1.13. The van der Waals surface area contributed by atoms with Crippen LogP contribution in [0.2, 0.25) is 0 Å². The number of nitrogens with one attached hydrogen (secondary N) is 1. The van der Waals surface area contributed by atoms with Crippen molar-refractivity contribution in [3.8, 4) is 11.5 Å². The smallest absolute Gasteiger partial charge is 0.246 e. The minimum Gasteiger partial charge on any atom is -0.497 e. The zero-order valence-corrected chi connectivity index (χ0v) is 20.4. The molecule has 5 rings (SSSR count). The van der Waals surface area contributed by atoms with E-state index in [0.717, 1.165) is 35.1 Å². The maximum Gasteiger partial charge on any atom is 0.246 e. The summed E-state index contributed by atoms with van der Waals surface area (Å²) in [6.07, 6.45) is 5.93. The van der Waals surface area contributed by atoms with E-state index in [-0.39, 0.29) is 5.91 Å². The number of piperazine rings is 1. The number of rotatable bonds is 8. The first-order chi connectivity index (χ1) is 17.6. The van der Waals surface area contributed by atoms with Gasteiger partial charge in [-0.15, -0.1) is 0 Å². The molecule has 186 valence electrons. The third kappa shape index (κ3) is 5.26. The molecule has 9 nitrogen and oxygen atoms in total. The van der Waals surface area contributed by atoms with Crippen molar-refractivity contribution in [1.82, 2.24) is 24.9 Å². The van der Waals surface area contributed by atoms with Gasteiger partial charge >= 0.3 is 0 Å². The Labute approximate surface area is 209 Å². The van der Waals surface area contributed by atoms with Gasteiger partial charge < -0.3 is 23.9 Å². The van der Waals surface area contributed by atoms with Crippen molar-refractivity contribution in [2.24, 2.45) is 0 Å². The van der Waals surface area contributed by atoms with Crippen molar-refractivity contribution < 1.29 is 18.8 Å². The number of amides is 1. The summed E-state index contributed by atoms with van der Waals surface area (Å²) in [5, 5.41) is 5.33. The van der Waals surface area contributed by atoms with Crippen LogP contribution in [-0.2, 0) is 17.8 Å². The number of aromatic amines is 1. The number of carbonyl (C=O) groups is 1. The van der Waals surface area contributed by atoms with E-state index in [1.54, 1.807) is 26.4 Å². The molecule has 1 fully saturated rings. The minimum absolute atomic E-state index is 0.0277. The molecule has 0 spiro atoms. The van der Waals surface area contributed by atoms with E-state index in [2.05, 4.69) is 26.1 Å². The highest BCUT2D eigenvalue weighted by Crippen LogP contribution is 2.25. The molecular weight excluding hydrogens is 458 g/mol. The fraction of sp³-hybridized carbons (Fsp3) is 0.296. The summed E-state index contributed by atoms with van der Waals surface area (Å²) in [5.74, 6) is 2.63. The molecule has 1 aliphatic heterocycles. The van der Waals surface area contributed by atoms with Crippen LogP contribution >= 0.6 is 0 Å². The van der Waals surface area contributed by atoms with E-state index in [0.29, 0.717) is 49.3 Å². The Morgan fingerprint density at radius 3 is 2.75 bits per heavy atom. The van der Waals surface area contributed by atoms with Crippen LogP contribution in [0.5, 0.6) is 11.5 Å². The number of aromatic nitrogens is 3. The lowest BCUT2D eigenvalue weighted by Gasteiger charge is -2.33. The van der Waals surface area contributed by atoms with Gasteiger partial charge in [-0.2, -0.15) is 4.98 Å². The van der Waals surface area contributed by atoms with Crippen molar-refractivity contribution in [3.63, 3.8) is 0 Å². The number of hydrogen-bond acceptors (Lipinski definition) is 7. The largest absolute Gasteiger partial charge is 0.497 e. The van der Waals surface area contributed by atoms with Gasteiger partial charge in [0, 0.05) is 54.9 Å². The zero-order valence-electron chi connectivity index (χ0n) is 20.4. The molecule has 0 aliphatic carbocycles. The van der Waals surface area contributed by atoms with Crippen LogP contribution in [0.1, 0.15) is 22.8 Å². The minimum atomic E-state index is -0.0277. The van der Waals surface area contributed by atoms with Gasteiger partial charge in [0.25, 0.3) is 0 Å². The summed E-state index contributed by atoms with van der Waals surface area (Å²) in [4.78, 5) is 24.7. The summed E-state index contributed by atoms with van der Waals surface area (Å²) in [6, 6.07) is 13.7. The summed E-state index contributed by atoms with van der Waals surface area (Å²) < 4.78 is 16.2. The van der Waals surface area contributed by atoms with E-state index in [1.807, 2.05) is 47.5 Å². The molecule has 0 atom stereocenters. The van der Waals surface area contributed by atoms with Gasteiger partial charge in [-0.3, -0.25) is 9.69 Å². The highest BCUT2D eigenvalue weighted by molar-refractivity contribution is 5.92. The van der Waals surface area contributed by atoms with Crippen molar-refractivity contribution in [2.75, 3.05) is 40.4 Å². The molecule has 4 aromatic rings. The predicted molar refractivity (Wildman–Crippen MR) is 136 cm³/mol. The number of nitrogens with zero attached hydrogens (tertiary/aromatic N) is 4. The van der Waals surface area contributed by atoms with Crippen LogP contribution in [0.4, 0.5) is 0 Å². The van der Waals surface area contributed by atoms with E-state index in [9.17, 15) is 4.79 Å². The standard InChI is InChI=1S/C27H29N5O4/c1-34-21-8-9-24(35-2)19(15-21)7-10-27(33)32-13-11-31(12-14-32)18-25-29-26(36-30-25)16-20-17-28-23-6-4-3-5-22(20)23/h3-10,15,17,28H,11-14,16,18H2,1-2H3/b10-7+. The van der Waals surface area contributed by atoms with E-state index < -0.39 is 0 Å². The highest BCUT2D eigenvalue weighted by Gasteiger charge is 2.21. The van der Waals surface area contributed by atoms with Gasteiger partial charge in [0.05, 0.1) is 27.2 Å². The van der Waals surface area contributed by atoms with Gasteiger partial charge in [-0.05, 0) is 35.9 Å². The first kappa shape index (κ1) is 23.6. The van der Waals surface area contributed by atoms with E-state index >= 15 is 0 Å². The summed E-state index contributed by atoms with van der Waals surface area (Å²) in [5.41, 5.74) is 3.02. The quantitative estimate of drug-likeness (QED) is 0.380. The molecule has 3 heterocycles. The van der Waals surface area contributed by atoms with Gasteiger partial charge in [0.1, 0.15) is 11.5 Å². The van der Waals surface area contributed by atoms with Crippen LogP contribution in [0.25, 0.3) is 17.0 Å². The number of methoxy groups -OCH3 is 2. The molecule has 1 N–H and O–H groups in total. The highest BCUT2D eigenvalue weighted by atomic mass is 16.5. The monoisotopic (exact) mass is 487 g/mol. The summed E-state index contributed by atoms with van der Waals surface area (Å²) in [7, 11) is 3.22. The Kier molecular flexibility index (Phi) is 6.99. The Bertz CT molecular complexity index is 1370. The molecule has 9 heteroatoms. The molecule has 0 bridgehead atoms. The molecule has 0 radical (unpaired) electrons. The van der Waals surface area contributed by atoms with Crippen molar-refractivity contribution in [1.29, 1.82) is 0 Å². The Morgan fingerprint density at radius 2 is 1.94 bits per heavy atom. The fourth-order valence-electron chi connectivity index (χ4n) is 4.43. The number of fused-ring (bicyclic) bond motifs is 1. The first-order valence-corrected chi connectivity index (χ1v) is 11.9. The van der Waals surface area contributed by atoms with Gasteiger partial charge in [-0.25, -0.2) is 0 Å². The average Bonchev–Trinajstić information content (AvgIpc) is 3.54. The zero-order chi connectivity index (χ0) is 24.9. The Hall–Kier alpha value is -4.11. The summed E-state index contributed by atoms with van der Waals surface area (Å²) in [6.45, 7) is 3.36. The molecule has 2 aromatic heterocycles. The van der Waals surface area contributed by atoms with Gasteiger partial charge in [0.2, 0.25) is 11.8 Å². The van der Waals surface area contributed by atoms with Crippen LogP contribution in [0, 0.1) is 0 Å². The number of benzene rings is 2. The molecule has 0 unspecified atom stereocenters. The second kappa shape index (κ2) is 10.7. The van der Waals surface area contributed by atoms with Crippen molar-refractivity contribution >= 4 is 22.9 Å². The molecular formula is C27H29N5O4. The lowest BCUT2D eigenvalue weighted by molar-refractivity contribution is -0.127. The van der Waals surface area contributed by atoms with E-state index in [1.165, 1.54) is 0 Å². The Morgan fingerprint density at radius 1 is 1.11 bits per heavy atom. The number of H-pyrrole nitrogens is 1. The van der Waals surface area contributed by atoms with Crippen LogP contribution in [0.15, 0.2) is 59.3 Å². The number of hydrogen-bond donors (Lipinski definition) is 1. The second-order valence-electron chi connectivity index (χ2n) is 8.68. The molecule has 1 aliphatic rings. The van der Waals surface area contributed by atoms with Gasteiger partial charge in [0.15, 0.2) is 5.82 Å². The molecule has 0 saturated carbocycles. The number of ether oxygens (including phenoxy) is 2. The normalized spacial score (nSPS) is 14.6. The predicted octanol–water partition coefficient (Wildman–Crippen LogP) is 3.52. The number of para-hydroxylation sites is 1. The fourth-order valence-corrected chi connectivity index (χ4v) is 4.43. The lowest BCUT2D eigenvalue weighted by atomic mass is 10.1. The van der Waals surface area contributed by atoms with Crippen LogP contribution in [0.3, 0.4) is 0 Å². The number of carbonyl (C=O) groups excluding carboxylic acids is 1. The summed E-state index contributed by atoms with van der Waals surface area (Å²) >= 11 is 0. The molecule has 1 saturated heterocycles. The van der Waals surface area contributed by atoms with Crippen LogP contribution < -0.4 is 9.47 Å².